The van der Waals surface area contributed by atoms with Gasteiger partial charge in [0, 0.05) is 19.0 Å². The maximum absolute atomic E-state index is 11.9. The van der Waals surface area contributed by atoms with Crippen molar-refractivity contribution in [3.63, 3.8) is 0 Å². The molecule has 29 heavy (non-hydrogen) atoms. The lowest BCUT2D eigenvalue weighted by Gasteiger charge is -2.39. The molecule has 9 heteroatoms. The predicted octanol–water partition coefficient (Wildman–Crippen LogP) is 1.65. The number of carbonyl (C=O) groups excluding carboxylic acids is 3. The summed E-state index contributed by atoms with van der Waals surface area (Å²) in [6.45, 7) is 6.82. The predicted molar refractivity (Wildman–Crippen MR) is 105 cm³/mol. The zero-order chi connectivity index (χ0) is 21.4. The molecular formula is C20H29N3O6. The van der Waals surface area contributed by atoms with Crippen LogP contribution in [0.3, 0.4) is 0 Å². The van der Waals surface area contributed by atoms with Gasteiger partial charge in [-0.15, -0.1) is 0 Å². The van der Waals surface area contributed by atoms with Crippen molar-refractivity contribution in [2.75, 3.05) is 26.3 Å². The molecule has 0 aromatic heterocycles. The summed E-state index contributed by atoms with van der Waals surface area (Å²) in [6.07, 6.45) is -1.10. The van der Waals surface area contributed by atoms with Crippen LogP contribution in [0, 0.1) is 5.92 Å². The minimum atomic E-state index is -1.000. The van der Waals surface area contributed by atoms with Crippen LogP contribution in [0.2, 0.25) is 0 Å². The molecule has 1 fully saturated rings. The van der Waals surface area contributed by atoms with E-state index in [0.29, 0.717) is 19.7 Å². The number of nitrogens with two attached hydrogens (primary N) is 1. The van der Waals surface area contributed by atoms with Crippen molar-refractivity contribution in [1.82, 2.24) is 10.2 Å². The molecule has 1 aliphatic heterocycles. The fraction of sp³-hybridized carbons (Fsp3) is 0.550. The molecule has 0 bridgehead atoms. The van der Waals surface area contributed by atoms with Crippen LogP contribution < -0.4 is 11.1 Å². The largest absolute Gasteiger partial charge is 0.445 e. The first-order chi connectivity index (χ1) is 13.6. The average Bonchev–Trinajstić information content (AvgIpc) is 2.59. The van der Waals surface area contributed by atoms with Gasteiger partial charge in [-0.3, -0.25) is 4.79 Å². The average molecular weight is 407 g/mol. The summed E-state index contributed by atoms with van der Waals surface area (Å²) >= 11 is 0. The Morgan fingerprint density at radius 2 is 1.86 bits per heavy atom. The highest BCUT2D eigenvalue weighted by atomic mass is 16.6. The van der Waals surface area contributed by atoms with Crippen molar-refractivity contribution in [1.29, 1.82) is 0 Å². The zero-order valence-corrected chi connectivity index (χ0v) is 17.1. The van der Waals surface area contributed by atoms with E-state index in [0.717, 1.165) is 5.56 Å². The van der Waals surface area contributed by atoms with Crippen LogP contribution in [-0.2, 0) is 25.6 Å². The minimum Gasteiger partial charge on any atom is -0.445 e. The van der Waals surface area contributed by atoms with Crippen molar-refractivity contribution in [2.24, 2.45) is 11.7 Å². The molecule has 1 aromatic carbocycles. The van der Waals surface area contributed by atoms with Crippen molar-refractivity contribution in [3.05, 3.63) is 35.9 Å². The number of nitrogens with one attached hydrogen (secondary N) is 1. The van der Waals surface area contributed by atoms with Crippen molar-refractivity contribution in [2.45, 2.75) is 39.0 Å². The van der Waals surface area contributed by atoms with Gasteiger partial charge < -0.3 is 30.2 Å². The SMILES string of the molecule is CC(C)(C)OC(=O)N1CC(COC[C@H](NC(=O)OCc2ccccc2)C(N)=O)C1. The Hall–Kier alpha value is -2.81. The van der Waals surface area contributed by atoms with Crippen LogP contribution in [0.1, 0.15) is 26.3 Å². The van der Waals surface area contributed by atoms with E-state index in [9.17, 15) is 14.4 Å². The Morgan fingerprint density at radius 1 is 1.21 bits per heavy atom. The second-order valence-corrected chi connectivity index (χ2v) is 7.95. The summed E-state index contributed by atoms with van der Waals surface area (Å²) in [5.41, 5.74) is 5.61. The van der Waals surface area contributed by atoms with E-state index in [1.54, 1.807) is 4.90 Å². The molecule has 0 radical (unpaired) electrons. The minimum absolute atomic E-state index is 0.0707. The smallest absolute Gasteiger partial charge is 0.410 e. The highest BCUT2D eigenvalue weighted by Gasteiger charge is 2.34. The van der Waals surface area contributed by atoms with Crippen LogP contribution in [0.5, 0.6) is 0 Å². The lowest BCUT2D eigenvalue weighted by molar-refractivity contribution is -0.121. The molecule has 0 spiro atoms. The molecule has 1 heterocycles. The summed E-state index contributed by atoms with van der Waals surface area (Å²) in [5, 5.41) is 2.40. The normalized spacial score (nSPS) is 15.2. The molecule has 1 atom stereocenters. The van der Waals surface area contributed by atoms with Crippen molar-refractivity contribution < 1.29 is 28.6 Å². The third-order valence-corrected chi connectivity index (χ3v) is 4.10. The van der Waals surface area contributed by atoms with Gasteiger partial charge in [-0.2, -0.15) is 0 Å². The maximum atomic E-state index is 11.9. The van der Waals surface area contributed by atoms with E-state index < -0.39 is 23.6 Å². The van der Waals surface area contributed by atoms with Gasteiger partial charge in [-0.1, -0.05) is 30.3 Å². The summed E-state index contributed by atoms with van der Waals surface area (Å²) in [4.78, 5) is 36.9. The zero-order valence-electron chi connectivity index (χ0n) is 17.1. The molecule has 3 amide bonds. The summed E-state index contributed by atoms with van der Waals surface area (Å²) in [7, 11) is 0. The van der Waals surface area contributed by atoms with Crippen LogP contribution in [0.15, 0.2) is 30.3 Å². The second kappa shape index (κ2) is 10.1. The van der Waals surface area contributed by atoms with Crippen LogP contribution in [0.25, 0.3) is 0 Å². The Balaban J connectivity index is 1.65. The first-order valence-electron chi connectivity index (χ1n) is 9.46. The van der Waals surface area contributed by atoms with Gasteiger partial charge in [0.05, 0.1) is 13.2 Å². The first-order valence-corrected chi connectivity index (χ1v) is 9.46. The number of benzene rings is 1. The molecule has 9 nitrogen and oxygen atoms in total. The Kier molecular flexibility index (Phi) is 7.83. The van der Waals surface area contributed by atoms with Crippen LogP contribution >= 0.6 is 0 Å². The number of carbonyl (C=O) groups is 3. The van der Waals surface area contributed by atoms with E-state index in [-0.39, 0.29) is 25.2 Å². The molecule has 1 saturated heterocycles. The Labute approximate surface area is 170 Å². The number of likely N-dealkylation sites (tertiary alicyclic amines) is 1. The Morgan fingerprint density at radius 3 is 2.45 bits per heavy atom. The molecule has 2 rings (SSSR count). The Bertz CT molecular complexity index is 698. The molecule has 160 valence electrons. The number of hydrogen-bond acceptors (Lipinski definition) is 6. The summed E-state index contributed by atoms with van der Waals surface area (Å²) < 4.78 is 15.9. The van der Waals surface area contributed by atoms with Gasteiger partial charge in [-0.25, -0.2) is 9.59 Å². The third kappa shape index (κ3) is 7.98. The van der Waals surface area contributed by atoms with Gasteiger partial charge in [0.1, 0.15) is 18.2 Å². The van der Waals surface area contributed by atoms with E-state index >= 15 is 0 Å². The highest BCUT2D eigenvalue weighted by molar-refractivity contribution is 5.84. The van der Waals surface area contributed by atoms with Gasteiger partial charge in [0.2, 0.25) is 5.91 Å². The van der Waals surface area contributed by atoms with E-state index in [2.05, 4.69) is 5.32 Å². The molecule has 1 aromatic rings. The fourth-order valence-electron chi connectivity index (χ4n) is 2.61. The lowest BCUT2D eigenvalue weighted by Crippen LogP contribution is -2.53. The molecule has 1 aliphatic rings. The quantitative estimate of drug-likeness (QED) is 0.676. The summed E-state index contributed by atoms with van der Waals surface area (Å²) in [6, 6.07) is 8.17. The van der Waals surface area contributed by atoms with Crippen molar-refractivity contribution >= 4 is 18.1 Å². The number of amides is 3. The number of alkyl carbamates (subject to hydrolysis) is 1. The topological polar surface area (TPSA) is 120 Å². The molecule has 0 saturated carbocycles. The van der Waals surface area contributed by atoms with Crippen LogP contribution in [0.4, 0.5) is 9.59 Å². The number of ether oxygens (including phenoxy) is 3. The summed E-state index contributed by atoms with van der Waals surface area (Å²) in [5.74, 6) is -0.577. The van der Waals surface area contributed by atoms with Crippen molar-refractivity contribution in [3.8, 4) is 0 Å². The number of nitrogens with zero attached hydrogens (tertiary/aromatic N) is 1. The molecule has 0 aliphatic carbocycles. The maximum Gasteiger partial charge on any atom is 0.410 e. The fourth-order valence-corrected chi connectivity index (χ4v) is 2.61. The molecular weight excluding hydrogens is 378 g/mol. The monoisotopic (exact) mass is 407 g/mol. The van der Waals surface area contributed by atoms with E-state index in [1.165, 1.54) is 0 Å². The van der Waals surface area contributed by atoms with Gasteiger partial charge in [0.25, 0.3) is 0 Å². The second-order valence-electron chi connectivity index (χ2n) is 7.95. The van der Waals surface area contributed by atoms with Crippen LogP contribution in [-0.4, -0.2) is 60.9 Å². The number of primary amides is 1. The van der Waals surface area contributed by atoms with Gasteiger partial charge >= 0.3 is 12.2 Å². The first kappa shape index (κ1) is 22.5. The standard InChI is InChI=1S/C20H29N3O6/c1-20(2,3)29-19(26)23-9-15(10-23)11-27-13-16(17(21)24)22-18(25)28-12-14-7-5-4-6-8-14/h4-8,15-16H,9-13H2,1-3H3,(H2,21,24)(H,22,25)/t16-/m0/s1. The number of hydrogen-bond donors (Lipinski definition) is 2. The van der Waals surface area contributed by atoms with E-state index in [1.807, 2.05) is 51.1 Å². The third-order valence-electron chi connectivity index (χ3n) is 4.10. The van der Waals surface area contributed by atoms with Gasteiger partial charge in [0.15, 0.2) is 0 Å². The molecule has 3 N–H and O–H groups in total. The highest BCUT2D eigenvalue weighted by Crippen LogP contribution is 2.19. The molecule has 0 unspecified atom stereocenters. The van der Waals surface area contributed by atoms with E-state index in [4.69, 9.17) is 19.9 Å². The number of rotatable bonds is 8. The lowest BCUT2D eigenvalue weighted by atomic mass is 10.0. The van der Waals surface area contributed by atoms with Gasteiger partial charge in [-0.05, 0) is 26.3 Å².